The Morgan fingerprint density at radius 3 is 3.07 bits per heavy atom. The third-order valence-electron chi connectivity index (χ3n) is 3.83. The number of ether oxygens (including phenoxy) is 2. The first-order chi connectivity index (χ1) is 7.19. The molecule has 0 amide bonds. The smallest absolute Gasteiger partial charge is 0.158 e. The van der Waals surface area contributed by atoms with Crippen LogP contribution in [-0.2, 0) is 9.47 Å². The molecule has 0 aromatic heterocycles. The largest absolute Gasteiger partial charge is 0.353 e. The van der Waals surface area contributed by atoms with E-state index in [2.05, 4.69) is 13.0 Å². The van der Waals surface area contributed by atoms with Crippen molar-refractivity contribution in [3.8, 4) is 6.07 Å². The second kappa shape index (κ2) is 4.11. The molecule has 2 aliphatic rings. The summed E-state index contributed by atoms with van der Waals surface area (Å²) in [6.07, 6.45) is 4.26. The Balaban J connectivity index is 2.08. The van der Waals surface area contributed by atoms with Crippen LogP contribution < -0.4 is 0 Å². The molecule has 1 heterocycles. The summed E-state index contributed by atoms with van der Waals surface area (Å²) in [5.74, 6) is 0.368. The second-order valence-corrected chi connectivity index (χ2v) is 4.82. The van der Waals surface area contributed by atoms with Gasteiger partial charge in [-0.1, -0.05) is 0 Å². The lowest BCUT2D eigenvalue weighted by molar-refractivity contribution is -0.135. The highest BCUT2D eigenvalue weighted by molar-refractivity contribution is 5.06. The summed E-state index contributed by atoms with van der Waals surface area (Å²) in [6, 6.07) is 2.48. The van der Waals surface area contributed by atoms with E-state index in [4.69, 9.17) is 9.47 Å². The summed E-state index contributed by atoms with van der Waals surface area (Å²) in [5.41, 5.74) is -0.200. The maximum Gasteiger partial charge on any atom is 0.158 e. The molecule has 0 radical (unpaired) electrons. The number of nitrogens with zero attached hydrogens (tertiary/aromatic N) is 1. The normalized spacial score (nSPS) is 44.7. The molecule has 0 N–H and O–H groups in total. The van der Waals surface area contributed by atoms with E-state index in [0.717, 1.165) is 25.7 Å². The molecule has 1 aliphatic carbocycles. The molecule has 3 nitrogen and oxygen atoms in total. The fourth-order valence-corrected chi connectivity index (χ4v) is 2.93. The van der Waals surface area contributed by atoms with Crippen molar-refractivity contribution < 1.29 is 9.47 Å². The van der Waals surface area contributed by atoms with Crippen molar-refractivity contribution in [3.05, 3.63) is 0 Å². The summed E-state index contributed by atoms with van der Waals surface area (Å²) in [6.45, 7) is 4.74. The van der Waals surface area contributed by atoms with Crippen LogP contribution in [0.2, 0.25) is 0 Å². The molecule has 0 spiro atoms. The van der Waals surface area contributed by atoms with Gasteiger partial charge in [0.05, 0.1) is 17.6 Å². The van der Waals surface area contributed by atoms with Crippen molar-refractivity contribution in [2.24, 2.45) is 11.3 Å². The van der Waals surface area contributed by atoms with Gasteiger partial charge in [-0.2, -0.15) is 5.26 Å². The SMILES string of the molecule is CCOC1CC2C(CCCC2(C)C#N)O1. The topological polar surface area (TPSA) is 42.2 Å². The van der Waals surface area contributed by atoms with Gasteiger partial charge in [-0.05, 0) is 33.1 Å². The molecule has 1 aliphatic heterocycles. The van der Waals surface area contributed by atoms with E-state index in [9.17, 15) is 5.26 Å². The fourth-order valence-electron chi connectivity index (χ4n) is 2.93. The Labute approximate surface area is 91.4 Å². The first kappa shape index (κ1) is 10.9. The van der Waals surface area contributed by atoms with Crippen LogP contribution >= 0.6 is 0 Å². The number of rotatable bonds is 2. The monoisotopic (exact) mass is 209 g/mol. The van der Waals surface area contributed by atoms with Gasteiger partial charge >= 0.3 is 0 Å². The van der Waals surface area contributed by atoms with Crippen LogP contribution in [0.25, 0.3) is 0 Å². The lowest BCUT2D eigenvalue weighted by Gasteiger charge is -2.36. The fraction of sp³-hybridized carbons (Fsp3) is 0.917. The number of fused-ring (bicyclic) bond motifs is 1. The van der Waals surface area contributed by atoms with Crippen LogP contribution in [0.1, 0.15) is 39.5 Å². The van der Waals surface area contributed by atoms with Crippen LogP contribution in [-0.4, -0.2) is 19.0 Å². The van der Waals surface area contributed by atoms with E-state index in [1.807, 2.05) is 6.92 Å². The van der Waals surface area contributed by atoms with Gasteiger partial charge in [0.2, 0.25) is 0 Å². The van der Waals surface area contributed by atoms with Crippen molar-refractivity contribution in [1.29, 1.82) is 5.26 Å². The summed E-state index contributed by atoms with van der Waals surface area (Å²) >= 11 is 0. The third-order valence-corrected chi connectivity index (χ3v) is 3.83. The van der Waals surface area contributed by atoms with Gasteiger partial charge in [0.25, 0.3) is 0 Å². The molecule has 0 aromatic carbocycles. The molecule has 2 fully saturated rings. The summed E-state index contributed by atoms with van der Waals surface area (Å²) in [4.78, 5) is 0. The van der Waals surface area contributed by atoms with E-state index in [1.165, 1.54) is 0 Å². The van der Waals surface area contributed by atoms with E-state index >= 15 is 0 Å². The van der Waals surface area contributed by atoms with Crippen molar-refractivity contribution in [3.63, 3.8) is 0 Å². The molecular weight excluding hydrogens is 190 g/mol. The minimum Gasteiger partial charge on any atom is -0.353 e. The highest BCUT2D eigenvalue weighted by atomic mass is 16.7. The molecule has 4 unspecified atom stereocenters. The minimum absolute atomic E-state index is 0.0734. The standard InChI is InChI=1S/C12H19NO2/c1-3-14-11-7-9-10(15-11)5-4-6-12(9,2)8-13/h9-11H,3-7H2,1-2H3. The highest BCUT2D eigenvalue weighted by Gasteiger charge is 2.49. The van der Waals surface area contributed by atoms with Crippen LogP contribution in [0.3, 0.4) is 0 Å². The first-order valence-electron chi connectivity index (χ1n) is 5.88. The second-order valence-electron chi connectivity index (χ2n) is 4.82. The van der Waals surface area contributed by atoms with Gasteiger partial charge < -0.3 is 9.47 Å². The molecule has 1 saturated heterocycles. The maximum absolute atomic E-state index is 9.27. The molecule has 2 rings (SSSR count). The van der Waals surface area contributed by atoms with Crippen molar-refractivity contribution >= 4 is 0 Å². The van der Waals surface area contributed by atoms with Crippen LogP contribution in [0.5, 0.6) is 0 Å². The number of hydrogen-bond acceptors (Lipinski definition) is 3. The van der Waals surface area contributed by atoms with Gasteiger partial charge in [0.15, 0.2) is 6.29 Å². The van der Waals surface area contributed by atoms with Gasteiger partial charge in [0.1, 0.15) is 0 Å². The zero-order valence-electron chi connectivity index (χ0n) is 9.53. The van der Waals surface area contributed by atoms with Gasteiger partial charge in [-0.3, -0.25) is 0 Å². The molecular formula is C12H19NO2. The first-order valence-corrected chi connectivity index (χ1v) is 5.88. The van der Waals surface area contributed by atoms with Crippen LogP contribution in [0.15, 0.2) is 0 Å². The molecule has 84 valence electrons. The molecule has 3 heteroatoms. The van der Waals surface area contributed by atoms with E-state index in [0.29, 0.717) is 12.5 Å². The number of nitriles is 1. The van der Waals surface area contributed by atoms with Gasteiger partial charge in [-0.15, -0.1) is 0 Å². The van der Waals surface area contributed by atoms with Gasteiger partial charge in [0, 0.05) is 18.9 Å². The third kappa shape index (κ3) is 1.89. The van der Waals surface area contributed by atoms with Crippen molar-refractivity contribution in [1.82, 2.24) is 0 Å². The highest BCUT2D eigenvalue weighted by Crippen LogP contribution is 2.48. The molecule has 0 aromatic rings. The maximum atomic E-state index is 9.27. The molecule has 0 bridgehead atoms. The molecule has 1 saturated carbocycles. The molecule has 4 atom stereocenters. The Morgan fingerprint density at radius 2 is 2.40 bits per heavy atom. The van der Waals surface area contributed by atoms with E-state index in [1.54, 1.807) is 0 Å². The summed E-state index contributed by atoms with van der Waals surface area (Å²) in [7, 11) is 0. The number of hydrogen-bond donors (Lipinski definition) is 0. The molecule has 15 heavy (non-hydrogen) atoms. The average molecular weight is 209 g/mol. The quantitative estimate of drug-likeness (QED) is 0.701. The Morgan fingerprint density at radius 1 is 1.60 bits per heavy atom. The summed E-state index contributed by atoms with van der Waals surface area (Å²) in [5, 5.41) is 9.27. The predicted octanol–water partition coefficient (Wildman–Crippen LogP) is 2.47. The zero-order chi connectivity index (χ0) is 10.9. The lowest BCUT2D eigenvalue weighted by atomic mass is 9.67. The summed E-state index contributed by atoms with van der Waals surface area (Å²) < 4.78 is 11.3. The van der Waals surface area contributed by atoms with Crippen molar-refractivity contribution in [2.75, 3.05) is 6.61 Å². The average Bonchev–Trinajstić information content (AvgIpc) is 2.63. The van der Waals surface area contributed by atoms with Crippen molar-refractivity contribution in [2.45, 2.75) is 51.9 Å². The Kier molecular flexibility index (Phi) is 2.99. The zero-order valence-corrected chi connectivity index (χ0v) is 9.53. The van der Waals surface area contributed by atoms with Crippen LogP contribution in [0.4, 0.5) is 0 Å². The Hall–Kier alpha value is -0.590. The van der Waals surface area contributed by atoms with Crippen LogP contribution in [0, 0.1) is 22.7 Å². The minimum atomic E-state index is -0.200. The lowest BCUT2D eigenvalue weighted by Crippen LogP contribution is -2.36. The predicted molar refractivity (Wildman–Crippen MR) is 56.0 cm³/mol. The van der Waals surface area contributed by atoms with E-state index in [-0.39, 0.29) is 17.8 Å². The Bertz CT molecular complexity index is 273. The van der Waals surface area contributed by atoms with E-state index < -0.39 is 0 Å². The van der Waals surface area contributed by atoms with Gasteiger partial charge in [-0.25, -0.2) is 0 Å².